The number of ether oxygens (including phenoxy) is 2. The molecule has 1 heterocycles. The first-order chi connectivity index (χ1) is 8.51. The van der Waals surface area contributed by atoms with Gasteiger partial charge in [0.05, 0.1) is 13.7 Å². The van der Waals surface area contributed by atoms with E-state index >= 15 is 0 Å². The summed E-state index contributed by atoms with van der Waals surface area (Å²) in [7, 11) is 2.92. The Morgan fingerprint density at radius 1 is 1.28 bits per heavy atom. The molecule has 1 N–H and O–H groups in total. The lowest BCUT2D eigenvalue weighted by molar-refractivity contribution is 0.0422. The quantitative estimate of drug-likeness (QED) is 0.652. The van der Waals surface area contributed by atoms with Gasteiger partial charge in [-0.15, -0.1) is 0 Å². The van der Waals surface area contributed by atoms with Crippen LogP contribution in [0.4, 0.5) is 4.79 Å². The van der Waals surface area contributed by atoms with Gasteiger partial charge >= 0.3 is 6.16 Å². The smallest absolute Gasteiger partial charge is 0.437 e. The number of hydrogen-bond acceptors (Lipinski definition) is 6. The van der Waals surface area contributed by atoms with Crippen LogP contribution in [0.15, 0.2) is 0 Å². The first-order valence-corrected chi connectivity index (χ1v) is 5.52. The Morgan fingerprint density at radius 2 is 1.94 bits per heavy atom. The topological polar surface area (TPSA) is 69.7 Å². The molecule has 1 rings (SSSR count). The largest absolute Gasteiger partial charge is 0.513 e. The predicted molar refractivity (Wildman–Crippen MR) is 65.3 cm³/mol. The fourth-order valence-electron chi connectivity index (χ4n) is 1.54. The summed E-state index contributed by atoms with van der Waals surface area (Å²) >= 11 is 0. The molecule has 0 amide bonds. The summed E-state index contributed by atoms with van der Waals surface area (Å²) in [6.07, 6.45) is -0.756. The van der Waals surface area contributed by atoms with Gasteiger partial charge in [0, 0.05) is 29.6 Å². The number of nitrogens with one attached hydrogen (secondary N) is 1. The van der Waals surface area contributed by atoms with Gasteiger partial charge in [-0.1, -0.05) is 0 Å². The van der Waals surface area contributed by atoms with Crippen molar-refractivity contribution in [2.24, 2.45) is 0 Å². The van der Waals surface area contributed by atoms with Gasteiger partial charge < -0.3 is 9.47 Å². The molecular formula is C12H18N2O4. The van der Waals surface area contributed by atoms with Crippen molar-refractivity contribution in [3.05, 3.63) is 22.5 Å². The zero-order valence-corrected chi connectivity index (χ0v) is 11.3. The molecule has 6 nitrogen and oxygen atoms in total. The SMILES string of the molecule is CNOCc1c(C)nc(C)c(C)c1OC(=O)OC. The van der Waals surface area contributed by atoms with Crippen molar-refractivity contribution in [3.8, 4) is 5.75 Å². The lowest BCUT2D eigenvalue weighted by Gasteiger charge is -2.15. The van der Waals surface area contributed by atoms with Crippen molar-refractivity contribution >= 4 is 6.16 Å². The Morgan fingerprint density at radius 3 is 2.50 bits per heavy atom. The highest BCUT2D eigenvalue weighted by molar-refractivity contribution is 5.65. The van der Waals surface area contributed by atoms with Crippen LogP contribution in [0.1, 0.15) is 22.5 Å². The molecule has 0 radical (unpaired) electrons. The second-order valence-electron chi connectivity index (χ2n) is 3.76. The first kappa shape index (κ1) is 14.4. The lowest BCUT2D eigenvalue weighted by Crippen LogP contribution is -2.15. The molecular weight excluding hydrogens is 236 g/mol. The molecule has 0 aliphatic heterocycles. The van der Waals surface area contributed by atoms with Crippen LogP contribution in [0.3, 0.4) is 0 Å². The zero-order valence-electron chi connectivity index (χ0n) is 11.3. The zero-order chi connectivity index (χ0) is 13.7. The molecule has 0 unspecified atom stereocenters. The van der Waals surface area contributed by atoms with Gasteiger partial charge in [0.15, 0.2) is 0 Å². The van der Waals surface area contributed by atoms with E-state index in [0.29, 0.717) is 5.75 Å². The van der Waals surface area contributed by atoms with Crippen molar-refractivity contribution < 1.29 is 19.1 Å². The van der Waals surface area contributed by atoms with E-state index in [1.54, 1.807) is 7.05 Å². The monoisotopic (exact) mass is 254 g/mol. The summed E-state index contributed by atoms with van der Waals surface area (Å²) in [5.41, 5.74) is 5.65. The highest BCUT2D eigenvalue weighted by atomic mass is 16.7. The molecule has 0 saturated heterocycles. The number of carbonyl (C=O) groups is 1. The maximum Gasteiger partial charge on any atom is 0.513 e. The van der Waals surface area contributed by atoms with E-state index in [4.69, 9.17) is 9.57 Å². The fraction of sp³-hybridized carbons (Fsp3) is 0.500. The van der Waals surface area contributed by atoms with Crippen molar-refractivity contribution in [1.29, 1.82) is 0 Å². The normalized spacial score (nSPS) is 10.3. The third-order valence-corrected chi connectivity index (χ3v) is 2.64. The maximum atomic E-state index is 11.3. The molecule has 0 bridgehead atoms. The molecule has 1 aromatic heterocycles. The van der Waals surface area contributed by atoms with E-state index in [0.717, 1.165) is 22.5 Å². The van der Waals surface area contributed by atoms with Gasteiger partial charge in [0.1, 0.15) is 5.75 Å². The number of pyridine rings is 1. The van der Waals surface area contributed by atoms with Crippen LogP contribution in [0.25, 0.3) is 0 Å². The van der Waals surface area contributed by atoms with E-state index in [1.165, 1.54) is 7.11 Å². The van der Waals surface area contributed by atoms with E-state index in [1.807, 2.05) is 20.8 Å². The number of hydroxylamine groups is 1. The van der Waals surface area contributed by atoms with Gasteiger partial charge in [-0.25, -0.2) is 10.3 Å². The lowest BCUT2D eigenvalue weighted by atomic mass is 10.1. The van der Waals surface area contributed by atoms with E-state index in [2.05, 4.69) is 15.2 Å². The average molecular weight is 254 g/mol. The van der Waals surface area contributed by atoms with Crippen molar-refractivity contribution in [1.82, 2.24) is 10.5 Å². The molecule has 1 aromatic rings. The van der Waals surface area contributed by atoms with E-state index < -0.39 is 6.16 Å². The van der Waals surface area contributed by atoms with Crippen molar-refractivity contribution in [2.75, 3.05) is 14.2 Å². The summed E-state index contributed by atoms with van der Waals surface area (Å²) in [5, 5.41) is 0. The van der Waals surface area contributed by atoms with Gasteiger partial charge in [0.2, 0.25) is 0 Å². The fourth-order valence-corrected chi connectivity index (χ4v) is 1.54. The molecule has 0 fully saturated rings. The number of hydrogen-bond donors (Lipinski definition) is 1. The van der Waals surface area contributed by atoms with Crippen molar-refractivity contribution in [2.45, 2.75) is 27.4 Å². The van der Waals surface area contributed by atoms with Crippen LogP contribution in [0.5, 0.6) is 5.75 Å². The predicted octanol–water partition coefficient (Wildman–Crippen LogP) is 1.80. The second kappa shape index (κ2) is 6.32. The second-order valence-corrected chi connectivity index (χ2v) is 3.76. The average Bonchev–Trinajstić information content (AvgIpc) is 2.34. The molecule has 0 aliphatic rings. The molecule has 0 atom stereocenters. The summed E-state index contributed by atoms with van der Waals surface area (Å²) in [6, 6.07) is 0. The summed E-state index contributed by atoms with van der Waals surface area (Å²) in [5.74, 6) is 0.446. The molecule has 0 spiro atoms. The Labute approximate surface area is 106 Å². The number of rotatable bonds is 4. The van der Waals surface area contributed by atoms with Crippen LogP contribution in [-0.2, 0) is 16.2 Å². The number of carbonyl (C=O) groups excluding carboxylic acids is 1. The van der Waals surface area contributed by atoms with Crippen LogP contribution in [0.2, 0.25) is 0 Å². The maximum absolute atomic E-state index is 11.3. The van der Waals surface area contributed by atoms with Crippen LogP contribution < -0.4 is 10.2 Å². The first-order valence-electron chi connectivity index (χ1n) is 5.52. The molecule has 100 valence electrons. The molecule has 18 heavy (non-hydrogen) atoms. The Balaban J connectivity index is 3.19. The minimum atomic E-state index is -0.756. The van der Waals surface area contributed by atoms with Crippen LogP contribution >= 0.6 is 0 Å². The molecule has 6 heteroatoms. The third kappa shape index (κ3) is 3.18. The standard InChI is InChI=1S/C12H18N2O4/c1-7-8(2)14-9(3)10(6-17-13-4)11(7)18-12(15)16-5/h13H,6H2,1-5H3. The van der Waals surface area contributed by atoms with Gasteiger partial charge in [-0.2, -0.15) is 0 Å². The van der Waals surface area contributed by atoms with Crippen LogP contribution in [-0.4, -0.2) is 25.3 Å². The summed E-state index contributed by atoms with van der Waals surface area (Å²) < 4.78 is 9.69. The summed E-state index contributed by atoms with van der Waals surface area (Å²) in [4.78, 5) is 20.8. The Hall–Kier alpha value is -1.66. The minimum absolute atomic E-state index is 0.253. The Kier molecular flexibility index (Phi) is 5.06. The van der Waals surface area contributed by atoms with E-state index in [-0.39, 0.29) is 6.61 Å². The minimum Gasteiger partial charge on any atom is -0.437 e. The van der Waals surface area contributed by atoms with Crippen molar-refractivity contribution in [3.63, 3.8) is 0 Å². The highest BCUT2D eigenvalue weighted by Gasteiger charge is 2.18. The van der Waals surface area contributed by atoms with Crippen LogP contribution in [0, 0.1) is 20.8 Å². The van der Waals surface area contributed by atoms with Gasteiger partial charge in [-0.05, 0) is 20.8 Å². The Bertz CT molecular complexity index is 446. The molecule has 0 aliphatic carbocycles. The van der Waals surface area contributed by atoms with Gasteiger partial charge in [0.25, 0.3) is 0 Å². The number of aromatic nitrogens is 1. The molecule has 0 saturated carbocycles. The highest BCUT2D eigenvalue weighted by Crippen LogP contribution is 2.28. The van der Waals surface area contributed by atoms with Gasteiger partial charge in [-0.3, -0.25) is 9.82 Å². The third-order valence-electron chi connectivity index (χ3n) is 2.64. The number of methoxy groups -OCH3 is 1. The van der Waals surface area contributed by atoms with E-state index in [9.17, 15) is 4.79 Å². The summed E-state index contributed by atoms with van der Waals surface area (Å²) in [6.45, 7) is 5.78. The molecule has 0 aromatic carbocycles. The number of aryl methyl sites for hydroxylation is 2. The number of nitrogens with zero attached hydrogens (tertiary/aromatic N) is 1.